The van der Waals surface area contributed by atoms with Gasteiger partial charge >= 0.3 is 0 Å². The van der Waals surface area contributed by atoms with Gasteiger partial charge in [0.2, 0.25) is 0 Å². The molecule has 0 aliphatic heterocycles. The Balaban J connectivity index is 1.44. The standard InChI is InChI=1S/C26H21N3O3/c30-25(20-9-2-1-3-10-20)28-23-13-4-5-14-24(23)29-26(31)21-11-6-12-22(16-21)32-18-19-8-7-15-27-17-19/h1-17H,18H2,(H,28,30)(H,29,31). The zero-order chi connectivity index (χ0) is 22.2. The van der Waals surface area contributed by atoms with Gasteiger partial charge < -0.3 is 15.4 Å². The lowest BCUT2D eigenvalue weighted by atomic mass is 10.1. The van der Waals surface area contributed by atoms with Crippen LogP contribution in [0.3, 0.4) is 0 Å². The summed E-state index contributed by atoms with van der Waals surface area (Å²) in [6.07, 6.45) is 3.44. The first-order chi connectivity index (χ1) is 15.7. The van der Waals surface area contributed by atoms with Gasteiger partial charge in [0, 0.05) is 29.1 Å². The molecule has 2 N–H and O–H groups in total. The fourth-order valence-electron chi connectivity index (χ4n) is 3.06. The van der Waals surface area contributed by atoms with E-state index in [1.54, 1.807) is 85.2 Å². The van der Waals surface area contributed by atoms with Crippen molar-refractivity contribution >= 4 is 23.2 Å². The molecule has 4 aromatic rings. The van der Waals surface area contributed by atoms with Crippen LogP contribution in [-0.4, -0.2) is 16.8 Å². The average Bonchev–Trinajstić information content (AvgIpc) is 2.85. The third-order valence-corrected chi connectivity index (χ3v) is 4.68. The van der Waals surface area contributed by atoms with Gasteiger partial charge in [-0.05, 0) is 48.5 Å². The topological polar surface area (TPSA) is 80.3 Å². The van der Waals surface area contributed by atoms with Crippen molar-refractivity contribution in [2.75, 3.05) is 10.6 Å². The second-order valence-electron chi connectivity index (χ2n) is 7.00. The molecular formula is C26H21N3O3. The highest BCUT2D eigenvalue weighted by Gasteiger charge is 2.12. The predicted molar refractivity (Wildman–Crippen MR) is 124 cm³/mol. The number of hydrogen-bond acceptors (Lipinski definition) is 4. The van der Waals surface area contributed by atoms with Crippen molar-refractivity contribution in [1.29, 1.82) is 0 Å². The number of carbonyl (C=O) groups is 2. The molecule has 6 heteroatoms. The Morgan fingerprint density at radius 1 is 0.719 bits per heavy atom. The molecule has 0 unspecified atom stereocenters. The van der Waals surface area contributed by atoms with E-state index in [4.69, 9.17) is 4.74 Å². The summed E-state index contributed by atoms with van der Waals surface area (Å²) in [7, 11) is 0. The van der Waals surface area contributed by atoms with Crippen molar-refractivity contribution < 1.29 is 14.3 Å². The van der Waals surface area contributed by atoms with Gasteiger partial charge in [-0.25, -0.2) is 0 Å². The Bertz CT molecular complexity index is 1210. The van der Waals surface area contributed by atoms with Gasteiger partial charge in [-0.1, -0.05) is 42.5 Å². The molecule has 0 bridgehead atoms. The Hall–Kier alpha value is -4.45. The van der Waals surface area contributed by atoms with Gasteiger partial charge in [0.1, 0.15) is 12.4 Å². The summed E-state index contributed by atoms with van der Waals surface area (Å²) in [6.45, 7) is 0.354. The van der Waals surface area contributed by atoms with E-state index in [1.165, 1.54) is 0 Å². The van der Waals surface area contributed by atoms with E-state index in [-0.39, 0.29) is 11.8 Å². The zero-order valence-corrected chi connectivity index (χ0v) is 17.2. The first-order valence-corrected chi connectivity index (χ1v) is 10.1. The van der Waals surface area contributed by atoms with Crippen LogP contribution in [0.15, 0.2) is 103 Å². The van der Waals surface area contributed by atoms with Crippen molar-refractivity contribution in [1.82, 2.24) is 4.98 Å². The SMILES string of the molecule is O=C(Nc1ccccc1NC(=O)c1cccc(OCc2cccnc2)c1)c1ccccc1. The van der Waals surface area contributed by atoms with Crippen LogP contribution in [0.1, 0.15) is 26.3 Å². The van der Waals surface area contributed by atoms with Crippen molar-refractivity contribution in [3.05, 3.63) is 120 Å². The minimum atomic E-state index is -0.307. The van der Waals surface area contributed by atoms with Crippen molar-refractivity contribution in [3.63, 3.8) is 0 Å². The second kappa shape index (κ2) is 10.0. The lowest BCUT2D eigenvalue weighted by molar-refractivity contribution is 0.101. The monoisotopic (exact) mass is 423 g/mol. The fourth-order valence-corrected chi connectivity index (χ4v) is 3.06. The predicted octanol–water partition coefficient (Wildman–Crippen LogP) is 5.17. The number of pyridine rings is 1. The van der Waals surface area contributed by atoms with Crippen LogP contribution in [0, 0.1) is 0 Å². The van der Waals surface area contributed by atoms with E-state index < -0.39 is 0 Å². The van der Waals surface area contributed by atoms with Crippen LogP contribution in [0.5, 0.6) is 5.75 Å². The number of ether oxygens (including phenoxy) is 1. The first kappa shape index (κ1) is 20.8. The summed E-state index contributed by atoms with van der Waals surface area (Å²) in [6, 6.07) is 26.7. The number of carbonyl (C=O) groups excluding carboxylic acids is 2. The van der Waals surface area contributed by atoms with Gasteiger partial charge in [-0.3, -0.25) is 14.6 Å². The maximum Gasteiger partial charge on any atom is 0.255 e. The van der Waals surface area contributed by atoms with Gasteiger partial charge in [0.15, 0.2) is 0 Å². The number of aromatic nitrogens is 1. The van der Waals surface area contributed by atoms with E-state index in [0.717, 1.165) is 5.56 Å². The molecule has 4 rings (SSSR count). The Labute approximate surface area is 185 Å². The minimum absolute atomic E-state index is 0.252. The lowest BCUT2D eigenvalue weighted by Gasteiger charge is -2.13. The number of amides is 2. The molecule has 0 aliphatic carbocycles. The molecular weight excluding hydrogens is 402 g/mol. The van der Waals surface area contributed by atoms with Gasteiger partial charge in [-0.15, -0.1) is 0 Å². The third kappa shape index (κ3) is 5.37. The summed E-state index contributed by atoms with van der Waals surface area (Å²) in [5.41, 5.74) is 2.93. The van der Waals surface area contributed by atoms with E-state index >= 15 is 0 Å². The number of benzene rings is 3. The van der Waals surface area contributed by atoms with Crippen LogP contribution in [-0.2, 0) is 6.61 Å². The summed E-state index contributed by atoms with van der Waals surface area (Å²) in [4.78, 5) is 29.4. The summed E-state index contributed by atoms with van der Waals surface area (Å²) >= 11 is 0. The molecule has 0 saturated carbocycles. The quantitative estimate of drug-likeness (QED) is 0.430. The summed E-state index contributed by atoms with van der Waals surface area (Å²) in [5.74, 6) is 0.0171. The minimum Gasteiger partial charge on any atom is -0.489 e. The van der Waals surface area contributed by atoms with E-state index in [2.05, 4.69) is 15.6 Å². The van der Waals surface area contributed by atoms with Crippen LogP contribution < -0.4 is 15.4 Å². The van der Waals surface area contributed by atoms with Gasteiger partial charge in [0.05, 0.1) is 11.4 Å². The van der Waals surface area contributed by atoms with Crippen LogP contribution in [0.25, 0.3) is 0 Å². The highest BCUT2D eigenvalue weighted by atomic mass is 16.5. The number of nitrogens with zero attached hydrogens (tertiary/aromatic N) is 1. The Morgan fingerprint density at radius 2 is 1.38 bits per heavy atom. The van der Waals surface area contributed by atoms with Gasteiger partial charge in [0.25, 0.3) is 11.8 Å². The van der Waals surface area contributed by atoms with Crippen molar-refractivity contribution in [3.8, 4) is 5.75 Å². The Kier molecular flexibility index (Phi) is 6.53. The highest BCUT2D eigenvalue weighted by molar-refractivity contribution is 6.10. The summed E-state index contributed by atoms with van der Waals surface area (Å²) < 4.78 is 5.78. The fraction of sp³-hybridized carbons (Fsp3) is 0.0385. The van der Waals surface area contributed by atoms with E-state index in [9.17, 15) is 9.59 Å². The van der Waals surface area contributed by atoms with Crippen molar-refractivity contribution in [2.24, 2.45) is 0 Å². The molecule has 0 aliphatic rings. The summed E-state index contributed by atoms with van der Waals surface area (Å²) in [5, 5.41) is 5.71. The molecule has 32 heavy (non-hydrogen) atoms. The number of anilines is 2. The molecule has 3 aromatic carbocycles. The van der Waals surface area contributed by atoms with Crippen LogP contribution >= 0.6 is 0 Å². The normalized spacial score (nSPS) is 10.2. The average molecular weight is 423 g/mol. The molecule has 1 aromatic heterocycles. The molecule has 0 atom stereocenters. The number of rotatable bonds is 7. The van der Waals surface area contributed by atoms with Gasteiger partial charge in [-0.2, -0.15) is 0 Å². The molecule has 0 radical (unpaired) electrons. The molecule has 0 saturated heterocycles. The molecule has 1 heterocycles. The second-order valence-corrected chi connectivity index (χ2v) is 7.00. The molecule has 0 fully saturated rings. The molecule has 6 nitrogen and oxygen atoms in total. The lowest BCUT2D eigenvalue weighted by Crippen LogP contribution is -2.16. The van der Waals surface area contributed by atoms with E-state index in [1.807, 2.05) is 18.2 Å². The number of nitrogens with one attached hydrogen (secondary N) is 2. The van der Waals surface area contributed by atoms with Crippen molar-refractivity contribution in [2.45, 2.75) is 6.61 Å². The number of hydrogen-bond donors (Lipinski definition) is 2. The molecule has 0 spiro atoms. The largest absolute Gasteiger partial charge is 0.489 e. The maximum absolute atomic E-state index is 12.9. The highest BCUT2D eigenvalue weighted by Crippen LogP contribution is 2.23. The maximum atomic E-state index is 12.9. The number of para-hydroxylation sites is 2. The zero-order valence-electron chi connectivity index (χ0n) is 17.2. The molecule has 2 amide bonds. The Morgan fingerprint density at radius 3 is 2.06 bits per heavy atom. The first-order valence-electron chi connectivity index (χ1n) is 10.1. The smallest absolute Gasteiger partial charge is 0.255 e. The van der Waals surface area contributed by atoms with E-state index in [0.29, 0.717) is 34.9 Å². The van der Waals surface area contributed by atoms with Crippen LogP contribution in [0.2, 0.25) is 0 Å². The third-order valence-electron chi connectivity index (χ3n) is 4.68. The molecule has 158 valence electrons. The van der Waals surface area contributed by atoms with Crippen LogP contribution in [0.4, 0.5) is 11.4 Å².